The van der Waals surface area contributed by atoms with E-state index >= 15 is 0 Å². The second kappa shape index (κ2) is 3.85. The quantitative estimate of drug-likeness (QED) is 0.823. The standard InChI is InChI=1S/C13H12O3/c1-8(13(15)16)9-2-3-11-7-12(14)5-4-10(11)6-9/h2-8,14H,1H3,(H,15,16)/p-1/t8-/m0/s1. The molecule has 0 aliphatic heterocycles. The normalized spacial score (nSPS) is 12.6. The van der Waals surface area contributed by atoms with Crippen molar-refractivity contribution >= 4 is 16.7 Å². The molecule has 1 atom stereocenters. The maximum absolute atomic E-state index is 10.7. The van der Waals surface area contributed by atoms with Crippen LogP contribution in [0.1, 0.15) is 18.4 Å². The number of fused-ring (bicyclic) bond motifs is 1. The van der Waals surface area contributed by atoms with E-state index in [4.69, 9.17) is 0 Å². The average molecular weight is 215 g/mol. The van der Waals surface area contributed by atoms with Crippen molar-refractivity contribution in [2.45, 2.75) is 12.8 Å². The van der Waals surface area contributed by atoms with Crippen molar-refractivity contribution in [2.75, 3.05) is 0 Å². The predicted octanol–water partition coefficient (Wildman–Crippen LogP) is 1.40. The third-order valence-corrected chi connectivity index (χ3v) is 2.70. The Morgan fingerprint density at radius 3 is 2.50 bits per heavy atom. The van der Waals surface area contributed by atoms with Crippen LogP contribution >= 0.6 is 0 Å². The van der Waals surface area contributed by atoms with Crippen molar-refractivity contribution < 1.29 is 15.0 Å². The number of rotatable bonds is 2. The first-order chi connectivity index (χ1) is 7.58. The number of carbonyl (C=O) groups excluding carboxylic acids is 1. The molecule has 2 aromatic rings. The Hall–Kier alpha value is -2.03. The molecule has 0 unspecified atom stereocenters. The van der Waals surface area contributed by atoms with Crippen molar-refractivity contribution in [1.82, 2.24) is 0 Å². The number of hydrogen-bond donors (Lipinski definition) is 1. The number of hydrogen-bond acceptors (Lipinski definition) is 3. The van der Waals surface area contributed by atoms with E-state index in [2.05, 4.69) is 0 Å². The zero-order valence-corrected chi connectivity index (χ0v) is 8.81. The van der Waals surface area contributed by atoms with Crippen LogP contribution in [-0.4, -0.2) is 11.1 Å². The molecule has 3 heteroatoms. The third kappa shape index (κ3) is 1.84. The first-order valence-corrected chi connectivity index (χ1v) is 5.01. The summed E-state index contributed by atoms with van der Waals surface area (Å²) in [6.45, 7) is 1.59. The maximum atomic E-state index is 10.7. The van der Waals surface area contributed by atoms with Gasteiger partial charge < -0.3 is 15.0 Å². The molecule has 3 nitrogen and oxygen atoms in total. The Morgan fingerprint density at radius 2 is 1.81 bits per heavy atom. The van der Waals surface area contributed by atoms with Crippen LogP contribution in [0.5, 0.6) is 5.75 Å². The van der Waals surface area contributed by atoms with E-state index in [1.165, 1.54) is 0 Å². The van der Waals surface area contributed by atoms with Gasteiger partial charge in [0.1, 0.15) is 5.75 Å². The van der Waals surface area contributed by atoms with Crippen LogP contribution in [0.4, 0.5) is 0 Å². The van der Waals surface area contributed by atoms with Gasteiger partial charge in [0, 0.05) is 11.9 Å². The lowest BCUT2D eigenvalue weighted by atomic mass is 9.98. The van der Waals surface area contributed by atoms with E-state index < -0.39 is 11.9 Å². The number of benzene rings is 2. The summed E-state index contributed by atoms with van der Waals surface area (Å²) in [7, 11) is 0. The van der Waals surface area contributed by atoms with Crippen LogP contribution in [-0.2, 0) is 4.79 Å². The highest BCUT2D eigenvalue weighted by atomic mass is 16.4. The zero-order chi connectivity index (χ0) is 11.7. The van der Waals surface area contributed by atoms with Crippen molar-refractivity contribution in [1.29, 1.82) is 0 Å². The number of phenolic OH excluding ortho intramolecular Hbond substituents is 1. The molecule has 0 aliphatic carbocycles. The first-order valence-electron chi connectivity index (χ1n) is 5.01. The van der Waals surface area contributed by atoms with E-state index in [-0.39, 0.29) is 5.75 Å². The zero-order valence-electron chi connectivity index (χ0n) is 8.81. The minimum atomic E-state index is -1.09. The van der Waals surface area contributed by atoms with Crippen molar-refractivity contribution in [2.24, 2.45) is 0 Å². The molecule has 0 heterocycles. The molecular formula is C13H11O3-. The largest absolute Gasteiger partial charge is 0.550 e. The Balaban J connectivity index is 2.52. The number of aromatic hydroxyl groups is 1. The van der Waals surface area contributed by atoms with Crippen molar-refractivity contribution in [3.05, 3.63) is 42.0 Å². The van der Waals surface area contributed by atoms with Gasteiger partial charge in [0.05, 0.1) is 0 Å². The SMILES string of the molecule is C[C@H](C(=O)[O-])c1ccc2cc(O)ccc2c1. The Morgan fingerprint density at radius 1 is 1.19 bits per heavy atom. The summed E-state index contributed by atoms with van der Waals surface area (Å²) < 4.78 is 0. The molecule has 0 amide bonds. The highest BCUT2D eigenvalue weighted by Crippen LogP contribution is 2.24. The highest BCUT2D eigenvalue weighted by molar-refractivity contribution is 5.86. The smallest absolute Gasteiger partial charge is 0.116 e. The van der Waals surface area contributed by atoms with Crippen molar-refractivity contribution in [3.8, 4) is 5.75 Å². The molecule has 0 aromatic heterocycles. The summed E-state index contributed by atoms with van der Waals surface area (Å²) in [5.41, 5.74) is 0.707. The van der Waals surface area contributed by atoms with E-state index in [0.29, 0.717) is 5.56 Å². The molecular weight excluding hydrogens is 204 g/mol. The summed E-state index contributed by atoms with van der Waals surface area (Å²) >= 11 is 0. The molecule has 0 spiro atoms. The van der Waals surface area contributed by atoms with Crippen molar-refractivity contribution in [3.63, 3.8) is 0 Å². The van der Waals surface area contributed by atoms with E-state index in [9.17, 15) is 15.0 Å². The summed E-state index contributed by atoms with van der Waals surface area (Å²) in [6.07, 6.45) is 0. The summed E-state index contributed by atoms with van der Waals surface area (Å²) in [5, 5.41) is 21.8. The number of carboxylic acid groups (broad SMARTS) is 1. The van der Waals surface area contributed by atoms with Gasteiger partial charge in [-0.1, -0.05) is 31.2 Å². The molecule has 0 fully saturated rings. The van der Waals surface area contributed by atoms with Gasteiger partial charge >= 0.3 is 0 Å². The Kier molecular flexibility index (Phi) is 2.52. The minimum Gasteiger partial charge on any atom is -0.550 e. The summed E-state index contributed by atoms with van der Waals surface area (Å²) in [5.74, 6) is -1.51. The Labute approximate surface area is 93.0 Å². The minimum absolute atomic E-state index is 0.202. The monoisotopic (exact) mass is 215 g/mol. The van der Waals surface area contributed by atoms with Crippen LogP contribution in [0.2, 0.25) is 0 Å². The molecule has 0 saturated carbocycles. The van der Waals surface area contributed by atoms with Crippen LogP contribution in [0.3, 0.4) is 0 Å². The van der Waals surface area contributed by atoms with Gasteiger partial charge in [-0.3, -0.25) is 0 Å². The van der Waals surface area contributed by atoms with Gasteiger partial charge in [-0.05, 0) is 28.5 Å². The second-order valence-electron chi connectivity index (χ2n) is 3.83. The third-order valence-electron chi connectivity index (χ3n) is 2.70. The summed E-state index contributed by atoms with van der Waals surface area (Å²) in [6, 6.07) is 10.3. The molecule has 2 aromatic carbocycles. The van der Waals surface area contributed by atoms with Gasteiger partial charge in [-0.15, -0.1) is 0 Å². The number of phenols is 1. The lowest BCUT2D eigenvalue weighted by Crippen LogP contribution is -2.27. The molecule has 2 rings (SSSR count). The molecule has 0 bridgehead atoms. The van der Waals surface area contributed by atoms with E-state index in [0.717, 1.165) is 10.8 Å². The van der Waals surface area contributed by atoms with Crippen LogP contribution in [0.25, 0.3) is 10.8 Å². The fraction of sp³-hybridized carbons (Fsp3) is 0.154. The topological polar surface area (TPSA) is 60.4 Å². The van der Waals surface area contributed by atoms with Crippen LogP contribution < -0.4 is 5.11 Å². The van der Waals surface area contributed by atoms with Gasteiger partial charge in [0.25, 0.3) is 0 Å². The summed E-state index contributed by atoms with van der Waals surface area (Å²) in [4.78, 5) is 10.7. The van der Waals surface area contributed by atoms with E-state index in [1.54, 1.807) is 43.3 Å². The lowest BCUT2D eigenvalue weighted by Gasteiger charge is -2.13. The van der Waals surface area contributed by atoms with Gasteiger partial charge in [-0.2, -0.15) is 0 Å². The second-order valence-corrected chi connectivity index (χ2v) is 3.83. The lowest BCUT2D eigenvalue weighted by molar-refractivity contribution is -0.307. The highest BCUT2D eigenvalue weighted by Gasteiger charge is 2.06. The number of carbonyl (C=O) groups is 1. The number of carboxylic acids is 1. The van der Waals surface area contributed by atoms with E-state index in [1.807, 2.05) is 0 Å². The molecule has 0 radical (unpaired) electrons. The predicted molar refractivity (Wildman–Crippen MR) is 59.0 cm³/mol. The van der Waals surface area contributed by atoms with Gasteiger partial charge in [0.15, 0.2) is 0 Å². The average Bonchev–Trinajstić information content (AvgIpc) is 2.27. The van der Waals surface area contributed by atoms with Crippen LogP contribution in [0, 0.1) is 0 Å². The fourth-order valence-corrected chi connectivity index (χ4v) is 1.66. The Bertz CT molecular complexity index is 546. The molecule has 1 N–H and O–H groups in total. The number of aliphatic carboxylic acids is 1. The fourth-order valence-electron chi connectivity index (χ4n) is 1.66. The molecule has 0 saturated heterocycles. The van der Waals surface area contributed by atoms with Gasteiger partial charge in [-0.25, -0.2) is 0 Å². The molecule has 82 valence electrons. The van der Waals surface area contributed by atoms with Gasteiger partial charge in [0.2, 0.25) is 0 Å². The molecule has 0 aliphatic rings. The maximum Gasteiger partial charge on any atom is 0.116 e. The van der Waals surface area contributed by atoms with Crippen LogP contribution in [0.15, 0.2) is 36.4 Å². The molecule has 16 heavy (non-hydrogen) atoms. The first kappa shape index (κ1) is 10.5.